The first-order valence-electron chi connectivity index (χ1n) is 6.82. The lowest BCUT2D eigenvalue weighted by molar-refractivity contribution is 0.0764. The van der Waals surface area contributed by atoms with Crippen molar-refractivity contribution in [2.24, 2.45) is 0 Å². The van der Waals surface area contributed by atoms with Crippen molar-refractivity contribution in [1.82, 2.24) is 9.80 Å². The summed E-state index contributed by atoms with van der Waals surface area (Å²) in [7, 11) is 4.02. The van der Waals surface area contributed by atoms with Crippen LogP contribution < -0.4 is 0 Å². The fraction of sp³-hybridized carbons (Fsp3) is 0.533. The molecule has 0 saturated carbocycles. The largest absolute Gasteiger partial charge is 0.465 e. The van der Waals surface area contributed by atoms with E-state index in [9.17, 15) is 14.3 Å². The van der Waals surface area contributed by atoms with E-state index in [-0.39, 0.29) is 11.9 Å². The predicted octanol–water partition coefficient (Wildman–Crippen LogP) is 2.88. The molecule has 0 spiro atoms. The molecule has 0 aromatic heterocycles. The van der Waals surface area contributed by atoms with Crippen LogP contribution in [-0.4, -0.2) is 47.7 Å². The standard InChI is InChI=1S/C15H21FN2O2/c1-10-8-11(16)4-5-13(10)14-9-12(17(2)3)6-7-18(14)15(19)20/h4-5,8,12,14H,6-7,9H2,1-3H3,(H,19,20)/t12-,14+/m0/s1. The fourth-order valence-electron chi connectivity index (χ4n) is 2.95. The Kier molecular flexibility index (Phi) is 4.28. The van der Waals surface area contributed by atoms with Gasteiger partial charge < -0.3 is 14.9 Å². The van der Waals surface area contributed by atoms with Gasteiger partial charge in [-0.25, -0.2) is 9.18 Å². The number of aryl methyl sites for hydroxylation is 1. The summed E-state index contributed by atoms with van der Waals surface area (Å²) in [6, 6.07) is 4.73. The molecular formula is C15H21FN2O2. The Morgan fingerprint density at radius 1 is 1.45 bits per heavy atom. The molecule has 1 N–H and O–H groups in total. The maximum atomic E-state index is 13.2. The van der Waals surface area contributed by atoms with Crippen molar-refractivity contribution in [1.29, 1.82) is 0 Å². The van der Waals surface area contributed by atoms with Crippen LogP contribution in [0, 0.1) is 12.7 Å². The number of benzene rings is 1. The molecule has 1 saturated heterocycles. The Morgan fingerprint density at radius 2 is 2.15 bits per heavy atom. The topological polar surface area (TPSA) is 43.8 Å². The molecule has 1 fully saturated rings. The Balaban J connectivity index is 2.33. The molecule has 1 aliphatic heterocycles. The predicted molar refractivity (Wildman–Crippen MR) is 75.3 cm³/mol. The van der Waals surface area contributed by atoms with E-state index >= 15 is 0 Å². The third-order valence-corrected chi connectivity index (χ3v) is 4.14. The van der Waals surface area contributed by atoms with Crippen molar-refractivity contribution in [2.75, 3.05) is 20.6 Å². The zero-order valence-corrected chi connectivity index (χ0v) is 12.1. The highest BCUT2D eigenvalue weighted by Gasteiger charge is 2.34. The summed E-state index contributed by atoms with van der Waals surface area (Å²) in [5.74, 6) is -0.284. The Labute approximate surface area is 118 Å². The second kappa shape index (κ2) is 5.79. The minimum atomic E-state index is -0.907. The highest BCUT2D eigenvalue weighted by molar-refractivity contribution is 5.66. The maximum Gasteiger partial charge on any atom is 0.407 e. The molecule has 1 heterocycles. The van der Waals surface area contributed by atoms with E-state index in [1.165, 1.54) is 17.0 Å². The highest BCUT2D eigenvalue weighted by Crippen LogP contribution is 2.34. The number of hydrogen-bond donors (Lipinski definition) is 1. The SMILES string of the molecule is Cc1cc(F)ccc1[C@H]1C[C@@H](N(C)C)CCN1C(=O)O. The third-order valence-electron chi connectivity index (χ3n) is 4.14. The normalized spacial score (nSPS) is 23.1. The van der Waals surface area contributed by atoms with Crippen molar-refractivity contribution < 1.29 is 14.3 Å². The van der Waals surface area contributed by atoms with Crippen molar-refractivity contribution >= 4 is 6.09 Å². The van der Waals surface area contributed by atoms with Gasteiger partial charge >= 0.3 is 6.09 Å². The summed E-state index contributed by atoms with van der Waals surface area (Å²) in [6.07, 6.45) is 0.665. The average molecular weight is 280 g/mol. The summed E-state index contributed by atoms with van der Waals surface area (Å²) >= 11 is 0. The smallest absolute Gasteiger partial charge is 0.407 e. The van der Waals surface area contributed by atoms with E-state index in [1.54, 1.807) is 6.07 Å². The van der Waals surface area contributed by atoms with Crippen molar-refractivity contribution in [3.8, 4) is 0 Å². The number of carboxylic acid groups (broad SMARTS) is 1. The van der Waals surface area contributed by atoms with E-state index in [0.29, 0.717) is 12.6 Å². The summed E-state index contributed by atoms with van der Waals surface area (Å²) in [6.45, 7) is 2.34. The molecule has 0 unspecified atom stereocenters. The van der Waals surface area contributed by atoms with Crippen LogP contribution in [0.5, 0.6) is 0 Å². The van der Waals surface area contributed by atoms with E-state index < -0.39 is 6.09 Å². The summed E-state index contributed by atoms with van der Waals surface area (Å²) in [5.41, 5.74) is 1.71. The Bertz CT molecular complexity index is 505. The first-order valence-corrected chi connectivity index (χ1v) is 6.82. The highest BCUT2D eigenvalue weighted by atomic mass is 19.1. The van der Waals surface area contributed by atoms with Crippen LogP contribution in [0.4, 0.5) is 9.18 Å². The van der Waals surface area contributed by atoms with Gasteiger partial charge in [-0.1, -0.05) is 6.07 Å². The van der Waals surface area contributed by atoms with Crippen molar-refractivity contribution in [2.45, 2.75) is 31.8 Å². The Morgan fingerprint density at radius 3 is 2.70 bits per heavy atom. The molecule has 4 nitrogen and oxygen atoms in total. The van der Waals surface area contributed by atoms with Crippen molar-refractivity contribution in [3.05, 3.63) is 35.1 Å². The van der Waals surface area contributed by atoms with E-state index in [1.807, 2.05) is 21.0 Å². The van der Waals surface area contributed by atoms with Gasteiger partial charge in [0.25, 0.3) is 0 Å². The molecule has 2 atom stereocenters. The van der Waals surface area contributed by atoms with Gasteiger partial charge in [0.15, 0.2) is 0 Å². The number of amides is 1. The zero-order chi connectivity index (χ0) is 14.9. The van der Waals surface area contributed by atoms with Crippen LogP contribution in [0.25, 0.3) is 0 Å². The Hall–Kier alpha value is -1.62. The molecule has 1 aliphatic rings. The van der Waals surface area contributed by atoms with Crippen LogP contribution in [0.2, 0.25) is 0 Å². The molecule has 5 heteroatoms. The quantitative estimate of drug-likeness (QED) is 0.906. The van der Waals surface area contributed by atoms with Gasteiger partial charge in [-0.2, -0.15) is 0 Å². The van der Waals surface area contributed by atoms with Gasteiger partial charge in [-0.3, -0.25) is 0 Å². The van der Waals surface area contributed by atoms with Crippen molar-refractivity contribution in [3.63, 3.8) is 0 Å². The molecule has 1 amide bonds. The zero-order valence-electron chi connectivity index (χ0n) is 12.1. The summed E-state index contributed by atoms with van der Waals surface area (Å²) in [4.78, 5) is 15.0. The number of rotatable bonds is 2. The molecule has 0 aliphatic carbocycles. The van der Waals surface area contributed by atoms with Crippen LogP contribution in [0.1, 0.15) is 30.0 Å². The van der Waals surface area contributed by atoms with Gasteiger partial charge in [-0.15, -0.1) is 0 Å². The van der Waals surface area contributed by atoms with Gasteiger partial charge in [0.2, 0.25) is 0 Å². The molecule has 110 valence electrons. The van der Waals surface area contributed by atoms with E-state index in [0.717, 1.165) is 24.0 Å². The van der Waals surface area contributed by atoms with Gasteiger partial charge in [0.1, 0.15) is 5.82 Å². The number of piperidine rings is 1. The van der Waals surface area contributed by atoms with Gasteiger partial charge in [-0.05, 0) is 57.1 Å². The average Bonchev–Trinajstić information content (AvgIpc) is 2.37. The fourth-order valence-corrected chi connectivity index (χ4v) is 2.95. The first-order chi connectivity index (χ1) is 9.40. The molecule has 0 radical (unpaired) electrons. The monoisotopic (exact) mass is 280 g/mol. The number of hydrogen-bond acceptors (Lipinski definition) is 2. The molecule has 1 aromatic carbocycles. The summed E-state index contributed by atoms with van der Waals surface area (Å²) in [5, 5.41) is 9.38. The minimum absolute atomic E-state index is 0.200. The lowest BCUT2D eigenvalue weighted by Gasteiger charge is -2.41. The summed E-state index contributed by atoms with van der Waals surface area (Å²) < 4.78 is 13.2. The van der Waals surface area contributed by atoms with Crippen LogP contribution in [0.3, 0.4) is 0 Å². The van der Waals surface area contributed by atoms with Crippen LogP contribution in [-0.2, 0) is 0 Å². The van der Waals surface area contributed by atoms with Gasteiger partial charge in [0, 0.05) is 12.6 Å². The maximum absolute atomic E-state index is 13.2. The van der Waals surface area contributed by atoms with Crippen LogP contribution in [0.15, 0.2) is 18.2 Å². The number of carbonyl (C=O) groups is 1. The molecular weight excluding hydrogens is 259 g/mol. The van der Waals surface area contributed by atoms with Gasteiger partial charge in [0.05, 0.1) is 6.04 Å². The molecule has 1 aromatic rings. The van der Waals surface area contributed by atoms with E-state index in [4.69, 9.17) is 0 Å². The lowest BCUT2D eigenvalue weighted by Crippen LogP contribution is -2.46. The minimum Gasteiger partial charge on any atom is -0.465 e. The van der Waals surface area contributed by atoms with Crippen LogP contribution >= 0.6 is 0 Å². The number of halogens is 1. The number of likely N-dealkylation sites (tertiary alicyclic amines) is 1. The second-order valence-corrected chi connectivity index (χ2v) is 5.63. The third kappa shape index (κ3) is 2.93. The second-order valence-electron chi connectivity index (χ2n) is 5.63. The molecule has 0 bridgehead atoms. The van der Waals surface area contributed by atoms with E-state index in [2.05, 4.69) is 4.90 Å². The lowest BCUT2D eigenvalue weighted by atomic mass is 9.89. The molecule has 20 heavy (non-hydrogen) atoms. The first kappa shape index (κ1) is 14.8. The molecule has 2 rings (SSSR count). The number of nitrogens with zero attached hydrogens (tertiary/aromatic N) is 2.